The molecule has 1 heterocycles. The molecule has 0 atom stereocenters. The average Bonchev–Trinajstić information content (AvgIpc) is 2.15. The van der Waals surface area contributed by atoms with Crippen molar-refractivity contribution < 1.29 is 4.79 Å². The van der Waals surface area contributed by atoms with Gasteiger partial charge in [-0.2, -0.15) is 0 Å². The summed E-state index contributed by atoms with van der Waals surface area (Å²) in [6.07, 6.45) is 0. The molecule has 3 N–H and O–H groups in total. The van der Waals surface area contributed by atoms with E-state index in [1.807, 2.05) is 0 Å². The van der Waals surface area contributed by atoms with E-state index in [2.05, 4.69) is 4.98 Å². The second-order valence-electron chi connectivity index (χ2n) is 3.11. The van der Waals surface area contributed by atoms with Crippen LogP contribution in [0.3, 0.4) is 0 Å². The van der Waals surface area contributed by atoms with E-state index in [9.17, 15) is 9.59 Å². The Kier molecular flexibility index (Phi) is 2.21. The van der Waals surface area contributed by atoms with Crippen molar-refractivity contribution in [2.45, 2.75) is 0 Å². The van der Waals surface area contributed by atoms with Crippen molar-refractivity contribution in [3.05, 3.63) is 45.2 Å². The summed E-state index contributed by atoms with van der Waals surface area (Å²) in [5.41, 5.74) is 5.08. The number of aromatic amines is 1. The molecule has 0 radical (unpaired) electrons. The Labute approximate surface area is 89.7 Å². The van der Waals surface area contributed by atoms with E-state index in [1.54, 1.807) is 18.2 Å². The van der Waals surface area contributed by atoms with Crippen LogP contribution in [0.25, 0.3) is 10.9 Å². The van der Waals surface area contributed by atoms with Gasteiger partial charge in [0.25, 0.3) is 11.5 Å². The number of hydrogen-bond donors (Lipinski definition) is 2. The number of primary amides is 1. The van der Waals surface area contributed by atoms with Crippen LogP contribution in [-0.4, -0.2) is 10.9 Å². The number of nitrogens with one attached hydrogen (secondary N) is 1. The Morgan fingerprint density at radius 2 is 2.07 bits per heavy atom. The molecule has 4 nitrogen and oxygen atoms in total. The zero-order chi connectivity index (χ0) is 11.0. The van der Waals surface area contributed by atoms with Crippen molar-refractivity contribution in [3.8, 4) is 0 Å². The Morgan fingerprint density at radius 3 is 2.73 bits per heavy atom. The number of pyridine rings is 1. The van der Waals surface area contributed by atoms with E-state index in [0.717, 1.165) is 0 Å². The summed E-state index contributed by atoms with van der Waals surface area (Å²) < 4.78 is 0. The van der Waals surface area contributed by atoms with Crippen molar-refractivity contribution in [1.82, 2.24) is 4.98 Å². The van der Waals surface area contributed by atoms with E-state index in [0.29, 0.717) is 15.9 Å². The van der Waals surface area contributed by atoms with E-state index >= 15 is 0 Å². The molecule has 5 heteroatoms. The topological polar surface area (TPSA) is 76.0 Å². The molecule has 0 saturated carbocycles. The van der Waals surface area contributed by atoms with E-state index < -0.39 is 11.5 Å². The van der Waals surface area contributed by atoms with Gasteiger partial charge in [-0.15, -0.1) is 0 Å². The van der Waals surface area contributed by atoms with Gasteiger partial charge < -0.3 is 10.7 Å². The number of rotatable bonds is 1. The Balaban J connectivity index is 2.82. The summed E-state index contributed by atoms with van der Waals surface area (Å²) in [7, 11) is 0. The van der Waals surface area contributed by atoms with Crippen LogP contribution >= 0.6 is 11.6 Å². The Hall–Kier alpha value is -1.81. The summed E-state index contributed by atoms with van der Waals surface area (Å²) in [6.45, 7) is 0. The zero-order valence-electron chi connectivity index (χ0n) is 7.58. The number of fused-ring (bicyclic) bond motifs is 1. The van der Waals surface area contributed by atoms with Crippen LogP contribution in [0.4, 0.5) is 0 Å². The number of carbonyl (C=O) groups is 1. The summed E-state index contributed by atoms with van der Waals surface area (Å²) in [6, 6.07) is 6.45. The monoisotopic (exact) mass is 222 g/mol. The lowest BCUT2D eigenvalue weighted by Gasteiger charge is -2.00. The Morgan fingerprint density at radius 1 is 1.33 bits per heavy atom. The molecule has 2 rings (SSSR count). The predicted octanol–water partition coefficient (Wildman–Crippen LogP) is 1.28. The SMILES string of the molecule is NC(=O)c1cc2ccc(Cl)cc2[nH]c1=O. The summed E-state index contributed by atoms with van der Waals surface area (Å²) in [4.78, 5) is 24.8. The highest BCUT2D eigenvalue weighted by molar-refractivity contribution is 6.31. The maximum Gasteiger partial charge on any atom is 0.261 e. The number of aromatic nitrogens is 1. The van der Waals surface area contributed by atoms with Gasteiger partial charge >= 0.3 is 0 Å². The fourth-order valence-electron chi connectivity index (χ4n) is 1.36. The number of nitrogens with two attached hydrogens (primary N) is 1. The number of H-pyrrole nitrogens is 1. The van der Waals surface area contributed by atoms with Gasteiger partial charge in [0.05, 0.1) is 0 Å². The third-order valence-corrected chi connectivity index (χ3v) is 2.31. The molecule has 15 heavy (non-hydrogen) atoms. The molecule has 1 aromatic heterocycles. The van der Waals surface area contributed by atoms with Crippen LogP contribution in [0, 0.1) is 0 Å². The lowest BCUT2D eigenvalue weighted by atomic mass is 10.1. The van der Waals surface area contributed by atoms with Crippen molar-refractivity contribution in [3.63, 3.8) is 0 Å². The molecule has 0 aliphatic carbocycles. The maximum atomic E-state index is 11.4. The summed E-state index contributed by atoms with van der Waals surface area (Å²) >= 11 is 5.76. The molecular formula is C10H7ClN2O2. The van der Waals surface area contributed by atoms with Gasteiger partial charge in [0.15, 0.2) is 0 Å². The highest BCUT2D eigenvalue weighted by Crippen LogP contribution is 2.16. The molecule has 0 aliphatic rings. The first-order chi connectivity index (χ1) is 7.08. The van der Waals surface area contributed by atoms with Crippen LogP contribution < -0.4 is 11.3 Å². The van der Waals surface area contributed by atoms with E-state index in [-0.39, 0.29) is 5.56 Å². The first-order valence-electron chi connectivity index (χ1n) is 4.20. The van der Waals surface area contributed by atoms with E-state index in [1.165, 1.54) is 6.07 Å². The fourth-order valence-corrected chi connectivity index (χ4v) is 1.53. The zero-order valence-corrected chi connectivity index (χ0v) is 8.34. The Bertz CT molecular complexity index is 604. The highest BCUT2D eigenvalue weighted by Gasteiger charge is 2.07. The molecule has 0 fully saturated rings. The van der Waals surface area contributed by atoms with Gasteiger partial charge in [0.2, 0.25) is 0 Å². The predicted molar refractivity (Wildman–Crippen MR) is 58.1 cm³/mol. The molecule has 0 spiro atoms. The van der Waals surface area contributed by atoms with Gasteiger partial charge in [0.1, 0.15) is 5.56 Å². The first kappa shape index (κ1) is 9.73. The molecule has 1 aromatic carbocycles. The summed E-state index contributed by atoms with van der Waals surface area (Å²) in [5, 5.41) is 1.23. The van der Waals surface area contributed by atoms with Gasteiger partial charge in [-0.05, 0) is 23.6 Å². The summed E-state index contributed by atoms with van der Waals surface area (Å²) in [5.74, 6) is -0.742. The van der Waals surface area contributed by atoms with Crippen molar-refractivity contribution in [2.75, 3.05) is 0 Å². The first-order valence-corrected chi connectivity index (χ1v) is 4.58. The highest BCUT2D eigenvalue weighted by atomic mass is 35.5. The van der Waals surface area contributed by atoms with Crippen LogP contribution in [0.1, 0.15) is 10.4 Å². The number of amides is 1. The molecule has 0 unspecified atom stereocenters. The van der Waals surface area contributed by atoms with Crippen molar-refractivity contribution >= 4 is 28.4 Å². The van der Waals surface area contributed by atoms with Crippen LogP contribution in [0.5, 0.6) is 0 Å². The average molecular weight is 223 g/mol. The second-order valence-corrected chi connectivity index (χ2v) is 3.54. The van der Waals surface area contributed by atoms with Gasteiger partial charge in [-0.3, -0.25) is 9.59 Å². The van der Waals surface area contributed by atoms with Gasteiger partial charge in [0, 0.05) is 10.5 Å². The van der Waals surface area contributed by atoms with Crippen molar-refractivity contribution in [2.24, 2.45) is 5.73 Å². The smallest absolute Gasteiger partial charge is 0.261 e. The quantitative estimate of drug-likeness (QED) is 0.763. The van der Waals surface area contributed by atoms with Crippen LogP contribution in [-0.2, 0) is 0 Å². The fraction of sp³-hybridized carbons (Fsp3) is 0. The minimum absolute atomic E-state index is 0.0511. The van der Waals surface area contributed by atoms with E-state index in [4.69, 9.17) is 17.3 Å². The van der Waals surface area contributed by atoms with Crippen molar-refractivity contribution in [1.29, 1.82) is 0 Å². The lowest BCUT2D eigenvalue weighted by Crippen LogP contribution is -2.23. The molecule has 0 aliphatic heterocycles. The number of hydrogen-bond acceptors (Lipinski definition) is 2. The molecule has 76 valence electrons. The molecule has 0 saturated heterocycles. The second kappa shape index (κ2) is 3.40. The third kappa shape index (κ3) is 1.71. The number of halogens is 1. The van der Waals surface area contributed by atoms with Crippen LogP contribution in [0.2, 0.25) is 5.02 Å². The minimum Gasteiger partial charge on any atom is -0.365 e. The molecule has 2 aromatic rings. The largest absolute Gasteiger partial charge is 0.365 e. The normalized spacial score (nSPS) is 10.5. The third-order valence-electron chi connectivity index (χ3n) is 2.07. The minimum atomic E-state index is -0.742. The maximum absolute atomic E-state index is 11.4. The number of benzene rings is 1. The molecular weight excluding hydrogens is 216 g/mol. The molecule has 0 bridgehead atoms. The van der Waals surface area contributed by atoms with Crippen LogP contribution in [0.15, 0.2) is 29.1 Å². The van der Waals surface area contributed by atoms with Gasteiger partial charge in [-0.1, -0.05) is 17.7 Å². The standard InChI is InChI=1S/C10H7ClN2O2/c11-6-2-1-5-3-7(9(12)14)10(15)13-8(5)4-6/h1-4H,(H2,12,14)(H,13,15). The molecule has 1 amide bonds. The number of carbonyl (C=O) groups excluding carboxylic acids is 1. The van der Waals surface area contributed by atoms with Gasteiger partial charge in [-0.25, -0.2) is 0 Å². The lowest BCUT2D eigenvalue weighted by molar-refractivity contribution is 0.0999.